The third-order valence-electron chi connectivity index (χ3n) is 6.84. The van der Waals surface area contributed by atoms with Crippen LogP contribution in [-0.4, -0.2) is 89.1 Å². The summed E-state index contributed by atoms with van der Waals surface area (Å²) >= 11 is 0. The van der Waals surface area contributed by atoms with Gasteiger partial charge >= 0.3 is 0 Å². The lowest BCUT2D eigenvalue weighted by Crippen LogP contribution is -2.10. The maximum atomic E-state index is 14.0. The van der Waals surface area contributed by atoms with Crippen molar-refractivity contribution in [1.29, 1.82) is 0 Å². The monoisotopic (exact) mass is 880 g/mol. The Balaban J connectivity index is 2.09. The van der Waals surface area contributed by atoms with Crippen LogP contribution in [-0.2, 0) is 83.7 Å². The lowest BCUT2D eigenvalue weighted by molar-refractivity contribution is 0.438. The highest BCUT2D eigenvalue weighted by molar-refractivity contribution is 7.89. The molecule has 1 aliphatic heterocycles. The Kier molecular flexibility index (Phi) is 9.89. The van der Waals surface area contributed by atoms with Crippen LogP contribution >= 0.6 is 0 Å². The summed E-state index contributed by atoms with van der Waals surface area (Å²) in [5.41, 5.74) is 0. The van der Waals surface area contributed by atoms with Crippen LogP contribution in [0.1, 0.15) is 0 Å². The molecule has 0 aromatic heterocycles. The van der Waals surface area contributed by atoms with Gasteiger partial charge in [0.25, 0.3) is 40.5 Å². The van der Waals surface area contributed by atoms with Gasteiger partial charge in [0.05, 0.1) is 102 Å². The summed E-state index contributed by atoms with van der Waals surface area (Å²) < 4.78 is 193. The molecule has 0 fully saturated rings. The van der Waals surface area contributed by atoms with Crippen LogP contribution in [0.15, 0.2) is 107 Å². The topological polar surface area (TPSA) is 367 Å². The summed E-state index contributed by atoms with van der Waals surface area (Å²) in [6, 6.07) is 2.03. The average molecular weight is 881 g/mol. The van der Waals surface area contributed by atoms with E-state index in [2.05, 4.69) is 0 Å². The van der Waals surface area contributed by atoms with Crippen LogP contribution in [0.2, 0.25) is 0 Å². The molecule has 0 amide bonds. The number of fused-ring (bicyclic) bond motifs is 8. The molecule has 4 aromatic carbocycles. The lowest BCUT2D eigenvalue weighted by Gasteiger charge is -2.18. The zero-order valence-corrected chi connectivity index (χ0v) is 30.9. The van der Waals surface area contributed by atoms with Crippen LogP contribution in [0.25, 0.3) is 0 Å². The largest absolute Gasteiger partial charge is 0.505 e. The van der Waals surface area contributed by atoms with Gasteiger partial charge in [-0.2, -0.15) is 33.7 Å². The Morgan fingerprint density at radius 2 is 0.423 bits per heavy atom. The van der Waals surface area contributed by atoms with Gasteiger partial charge in [0.2, 0.25) is 0 Å². The molecule has 280 valence electrons. The van der Waals surface area contributed by atoms with E-state index >= 15 is 0 Å². The van der Waals surface area contributed by atoms with Crippen molar-refractivity contribution in [3.8, 4) is 23.0 Å². The van der Waals surface area contributed by atoms with E-state index in [-0.39, 0.29) is 48.5 Å². The van der Waals surface area contributed by atoms with E-state index in [1.165, 1.54) is 0 Å². The van der Waals surface area contributed by atoms with Crippen LogP contribution in [0.3, 0.4) is 0 Å². The first kappa shape index (κ1) is 39.5. The van der Waals surface area contributed by atoms with E-state index in [9.17, 15) is 89.1 Å². The molecule has 1 heterocycles. The standard InChI is InChI=1S/C24H16O20S8/c25-21-13-1-9(49(33,34)35)2-14(21)46(30)17-5-11(51(39,40)41)6-18(23(17)27)48(32)20-8-12(52(42,43)44)7-19(24(20)28)47(31)16-4-10(50(36,37)38)3-15(22(16)26)45(13)29/h1-8,25-28H,(H,33,34,35)(H,36,37,38)(H,39,40,41)(H,42,43,44). The highest BCUT2D eigenvalue weighted by Crippen LogP contribution is 2.46. The molecule has 52 heavy (non-hydrogen) atoms. The zero-order valence-electron chi connectivity index (χ0n) is 24.4. The SMILES string of the molecule is O=S1c2cc(S(=O)(=O)O)cc(c2O)S(=O)c2cc(S(=O)(=O)O)cc(c2O)S(=O)c2cc(S(=O)(=O)O)cc(c2O)S(=O)c2cc(S(=O)(=O)O)cc1c2O. The number of phenols is 4. The lowest BCUT2D eigenvalue weighted by atomic mass is 10.3. The number of hydrogen-bond donors (Lipinski definition) is 8. The van der Waals surface area contributed by atoms with Crippen LogP contribution in [0, 0.1) is 0 Å². The minimum absolute atomic E-state index is 0.253. The van der Waals surface area contributed by atoms with Crippen molar-refractivity contribution in [2.75, 3.05) is 0 Å². The molecular formula is C24H16O20S8. The van der Waals surface area contributed by atoms with Gasteiger partial charge in [-0.3, -0.25) is 18.2 Å². The van der Waals surface area contributed by atoms with Crippen molar-refractivity contribution in [2.24, 2.45) is 0 Å². The van der Waals surface area contributed by atoms with Gasteiger partial charge in [-0.25, -0.2) is 16.8 Å². The van der Waals surface area contributed by atoms with Gasteiger partial charge in [0.15, 0.2) is 0 Å². The zero-order chi connectivity index (χ0) is 39.2. The van der Waals surface area contributed by atoms with Gasteiger partial charge in [0.1, 0.15) is 23.0 Å². The molecule has 0 atom stereocenters. The Morgan fingerprint density at radius 1 is 0.308 bits per heavy atom. The summed E-state index contributed by atoms with van der Waals surface area (Å²) in [5, 5.41) is 44.6. The third kappa shape index (κ3) is 7.03. The first-order valence-corrected chi connectivity index (χ1v) is 23.1. The predicted octanol–water partition coefficient (Wildman–Crippen LogP) is 0.476. The Bertz CT molecular complexity index is 2350. The average Bonchev–Trinajstić information content (AvgIpc) is 3.01. The minimum Gasteiger partial charge on any atom is -0.505 e. The van der Waals surface area contributed by atoms with Crippen molar-refractivity contribution in [3.63, 3.8) is 0 Å². The van der Waals surface area contributed by atoms with Crippen LogP contribution in [0.4, 0.5) is 0 Å². The summed E-state index contributed by atoms with van der Waals surface area (Å²) in [6.07, 6.45) is 0. The molecule has 0 unspecified atom stereocenters. The van der Waals surface area contributed by atoms with Crippen molar-refractivity contribution in [3.05, 3.63) is 48.5 Å². The summed E-state index contributed by atoms with van der Waals surface area (Å²) in [6.45, 7) is 0. The predicted molar refractivity (Wildman–Crippen MR) is 170 cm³/mol. The van der Waals surface area contributed by atoms with E-state index < -0.39 is 165 Å². The number of rotatable bonds is 4. The van der Waals surface area contributed by atoms with Gasteiger partial charge in [-0.1, -0.05) is 0 Å². The molecule has 4 aromatic rings. The van der Waals surface area contributed by atoms with Crippen LogP contribution in [0.5, 0.6) is 23.0 Å². The van der Waals surface area contributed by atoms with E-state index in [0.717, 1.165) is 0 Å². The maximum Gasteiger partial charge on any atom is 0.294 e. The van der Waals surface area contributed by atoms with E-state index in [1.54, 1.807) is 0 Å². The van der Waals surface area contributed by atoms with Crippen molar-refractivity contribution in [2.45, 2.75) is 58.7 Å². The molecule has 0 aliphatic carbocycles. The highest BCUT2D eigenvalue weighted by Gasteiger charge is 2.34. The summed E-state index contributed by atoms with van der Waals surface area (Å²) in [4.78, 5) is -15.2. The van der Waals surface area contributed by atoms with Gasteiger partial charge in [-0.15, -0.1) is 0 Å². The van der Waals surface area contributed by atoms with Gasteiger partial charge in [-0.05, 0) is 48.5 Å². The second-order valence-electron chi connectivity index (χ2n) is 10.0. The molecule has 28 heteroatoms. The number of aromatic hydroxyl groups is 4. The molecule has 8 bridgehead atoms. The number of phenolic OH excluding ortho intramolecular Hbond substituents is 4. The minimum atomic E-state index is -5.44. The van der Waals surface area contributed by atoms with E-state index in [1.807, 2.05) is 0 Å². The third-order valence-corrected chi connectivity index (χ3v) is 15.9. The normalized spacial score (nSPS) is 19.6. The van der Waals surface area contributed by atoms with Crippen LogP contribution < -0.4 is 0 Å². The maximum absolute atomic E-state index is 14.0. The van der Waals surface area contributed by atoms with Gasteiger partial charge in [0, 0.05) is 0 Å². The van der Waals surface area contributed by atoms with E-state index in [0.29, 0.717) is 0 Å². The molecule has 20 nitrogen and oxygen atoms in total. The fraction of sp³-hybridized carbons (Fsp3) is 0. The first-order valence-electron chi connectivity index (χ1n) is 12.7. The van der Waals surface area contributed by atoms with E-state index in [4.69, 9.17) is 0 Å². The van der Waals surface area contributed by atoms with Crippen molar-refractivity contribution < 1.29 is 89.1 Å². The van der Waals surface area contributed by atoms with Crippen molar-refractivity contribution >= 4 is 83.7 Å². The fourth-order valence-electron chi connectivity index (χ4n) is 4.43. The molecule has 0 saturated carbocycles. The molecule has 0 radical (unpaired) electrons. The fourth-order valence-corrected chi connectivity index (χ4v) is 12.5. The molecule has 0 saturated heterocycles. The second-order valence-corrected chi connectivity index (χ2v) is 21.4. The Morgan fingerprint density at radius 3 is 0.519 bits per heavy atom. The first-order chi connectivity index (χ1) is 23.6. The smallest absolute Gasteiger partial charge is 0.294 e. The van der Waals surface area contributed by atoms with Crippen molar-refractivity contribution in [1.82, 2.24) is 0 Å². The summed E-state index contributed by atoms with van der Waals surface area (Å²) in [7, 11) is -35.1. The molecule has 0 spiro atoms. The number of hydrogen-bond acceptors (Lipinski definition) is 16. The second kappa shape index (κ2) is 13.0. The Labute approximate surface area is 301 Å². The van der Waals surface area contributed by atoms with Gasteiger partial charge < -0.3 is 20.4 Å². The molecule has 1 aliphatic rings. The highest BCUT2D eigenvalue weighted by atomic mass is 32.2. The Hall–Kier alpha value is -3.68. The summed E-state index contributed by atoms with van der Waals surface area (Å²) in [5.74, 6) is -5.85. The molecular weight excluding hydrogens is 865 g/mol. The quantitative estimate of drug-likeness (QED) is 0.114. The molecule has 5 rings (SSSR count). The molecule has 8 N–H and O–H groups in total. The number of benzene rings is 4.